The number of aryl methyl sites for hydroxylation is 1. The lowest BCUT2D eigenvalue weighted by molar-refractivity contribution is -0.384. The summed E-state index contributed by atoms with van der Waals surface area (Å²) in [5, 5.41) is 10.7. The summed E-state index contributed by atoms with van der Waals surface area (Å²) < 4.78 is 27.1. The molecule has 0 unspecified atom stereocenters. The zero-order chi connectivity index (χ0) is 15.8. The van der Waals surface area contributed by atoms with E-state index >= 15 is 0 Å². The highest BCUT2D eigenvalue weighted by molar-refractivity contribution is 9.10. The molecule has 0 fully saturated rings. The molecule has 0 aliphatic carbocycles. The van der Waals surface area contributed by atoms with Crippen molar-refractivity contribution in [2.45, 2.75) is 11.1 Å². The van der Waals surface area contributed by atoms with Crippen LogP contribution in [0.3, 0.4) is 0 Å². The Bertz CT molecular complexity index is 799. The number of halogens is 2. The average molecular weight is 412 g/mol. The molecular formula is C11H8BrClN2O4S2. The molecule has 0 saturated heterocycles. The van der Waals surface area contributed by atoms with Crippen molar-refractivity contribution >= 4 is 60.3 Å². The zero-order valence-corrected chi connectivity index (χ0v) is 14.4. The van der Waals surface area contributed by atoms with E-state index in [0.717, 1.165) is 16.1 Å². The van der Waals surface area contributed by atoms with Crippen LogP contribution in [-0.2, 0) is 10.0 Å². The van der Waals surface area contributed by atoms with Gasteiger partial charge in [-0.05, 0) is 30.7 Å². The zero-order valence-electron chi connectivity index (χ0n) is 10.5. The van der Waals surface area contributed by atoms with Gasteiger partial charge in [-0.15, -0.1) is 11.3 Å². The Balaban J connectivity index is 2.38. The lowest BCUT2D eigenvalue weighted by Crippen LogP contribution is -2.11. The van der Waals surface area contributed by atoms with E-state index in [9.17, 15) is 18.5 Å². The molecule has 0 spiro atoms. The summed E-state index contributed by atoms with van der Waals surface area (Å²) in [4.78, 5) is 9.99. The topological polar surface area (TPSA) is 89.3 Å². The van der Waals surface area contributed by atoms with Crippen LogP contribution in [0.2, 0.25) is 4.34 Å². The normalized spacial score (nSPS) is 11.4. The third-order valence-electron chi connectivity index (χ3n) is 2.40. The summed E-state index contributed by atoms with van der Waals surface area (Å²) >= 11 is 9.58. The lowest BCUT2D eigenvalue weighted by atomic mass is 10.2. The van der Waals surface area contributed by atoms with Crippen molar-refractivity contribution < 1.29 is 13.3 Å². The van der Waals surface area contributed by atoms with Crippen molar-refractivity contribution in [3.63, 3.8) is 0 Å². The molecule has 0 atom stereocenters. The molecular weight excluding hydrogens is 404 g/mol. The van der Waals surface area contributed by atoms with Gasteiger partial charge >= 0.3 is 0 Å². The van der Waals surface area contributed by atoms with Gasteiger partial charge in [0, 0.05) is 10.5 Å². The van der Waals surface area contributed by atoms with Gasteiger partial charge < -0.3 is 0 Å². The second kappa shape index (κ2) is 5.91. The second-order valence-corrected chi connectivity index (χ2v) is 8.58. The molecule has 0 amide bonds. The number of rotatable bonds is 4. The lowest BCUT2D eigenvalue weighted by Gasteiger charge is -2.07. The molecule has 0 aliphatic rings. The molecule has 6 nitrogen and oxygen atoms in total. The van der Waals surface area contributed by atoms with Gasteiger partial charge in [0.2, 0.25) is 0 Å². The molecule has 21 heavy (non-hydrogen) atoms. The highest BCUT2D eigenvalue weighted by Crippen LogP contribution is 2.37. The van der Waals surface area contributed by atoms with E-state index in [0.29, 0.717) is 17.0 Å². The van der Waals surface area contributed by atoms with Gasteiger partial charge in [-0.1, -0.05) is 27.5 Å². The molecule has 0 bridgehead atoms. The number of hydrogen-bond acceptors (Lipinski definition) is 5. The number of nitrogens with one attached hydrogen (secondary N) is 1. The van der Waals surface area contributed by atoms with Gasteiger partial charge in [-0.25, -0.2) is 8.42 Å². The van der Waals surface area contributed by atoms with E-state index in [-0.39, 0.29) is 8.55 Å². The van der Waals surface area contributed by atoms with Gasteiger partial charge in [0.25, 0.3) is 15.7 Å². The van der Waals surface area contributed by atoms with Crippen molar-refractivity contribution in [1.82, 2.24) is 0 Å². The quantitative estimate of drug-likeness (QED) is 0.603. The number of hydrogen-bond donors (Lipinski definition) is 1. The Morgan fingerprint density at radius 3 is 2.52 bits per heavy atom. The predicted molar refractivity (Wildman–Crippen MR) is 85.7 cm³/mol. The maximum atomic E-state index is 12.2. The van der Waals surface area contributed by atoms with Crippen LogP contribution < -0.4 is 4.72 Å². The first-order chi connectivity index (χ1) is 9.69. The summed E-state index contributed by atoms with van der Waals surface area (Å²) in [6.07, 6.45) is 0. The number of benzene rings is 1. The molecule has 2 rings (SSSR count). The van der Waals surface area contributed by atoms with Gasteiger partial charge in [-0.3, -0.25) is 14.8 Å². The number of anilines is 1. The molecule has 2 aromatic rings. The minimum Gasteiger partial charge on any atom is -0.279 e. The van der Waals surface area contributed by atoms with E-state index in [1.54, 1.807) is 12.1 Å². The summed E-state index contributed by atoms with van der Waals surface area (Å²) in [7, 11) is -3.92. The number of sulfonamides is 1. The Kier molecular flexibility index (Phi) is 4.57. The molecule has 1 aromatic carbocycles. The van der Waals surface area contributed by atoms with E-state index < -0.39 is 20.6 Å². The maximum absolute atomic E-state index is 12.2. The largest absolute Gasteiger partial charge is 0.300 e. The first-order valence-electron chi connectivity index (χ1n) is 5.43. The number of nitro groups is 1. The van der Waals surface area contributed by atoms with E-state index in [1.165, 1.54) is 0 Å². The molecule has 0 aliphatic heterocycles. The Morgan fingerprint density at radius 2 is 2.00 bits per heavy atom. The number of nitrogens with zero attached hydrogens (tertiary/aromatic N) is 1. The van der Waals surface area contributed by atoms with Crippen LogP contribution in [0.25, 0.3) is 0 Å². The second-order valence-electron chi connectivity index (χ2n) is 4.10. The van der Waals surface area contributed by atoms with Crippen LogP contribution in [0, 0.1) is 17.0 Å². The SMILES string of the molecule is Cc1cc(Br)cc(NS(=O)(=O)c2cc([N+](=O)[O-])c(Cl)s2)c1. The Hall–Kier alpha value is -1.16. The summed E-state index contributed by atoms with van der Waals surface area (Å²) in [6.45, 7) is 1.81. The standard InChI is InChI=1S/C11H8BrClN2O4S2/c1-6-2-7(12)4-8(3-6)14-21(18,19)10-5-9(15(16)17)11(13)20-10/h2-5,14H,1H3. The van der Waals surface area contributed by atoms with Crippen molar-refractivity contribution in [2.24, 2.45) is 0 Å². The summed E-state index contributed by atoms with van der Waals surface area (Å²) in [5.74, 6) is 0. The summed E-state index contributed by atoms with van der Waals surface area (Å²) in [5.41, 5.74) is 0.791. The van der Waals surface area contributed by atoms with Crippen molar-refractivity contribution in [3.8, 4) is 0 Å². The third kappa shape index (κ3) is 3.73. The molecule has 10 heteroatoms. The minimum atomic E-state index is -3.92. The minimum absolute atomic E-state index is 0.175. The first kappa shape index (κ1) is 16.2. The van der Waals surface area contributed by atoms with Crippen LogP contribution in [0.5, 0.6) is 0 Å². The van der Waals surface area contributed by atoms with Crippen LogP contribution >= 0.6 is 38.9 Å². The fourth-order valence-corrected chi connectivity index (χ4v) is 4.91. The van der Waals surface area contributed by atoms with Crippen LogP contribution in [-0.4, -0.2) is 13.3 Å². The average Bonchev–Trinajstić information content (AvgIpc) is 2.70. The van der Waals surface area contributed by atoms with Gasteiger partial charge in [0.15, 0.2) is 4.34 Å². The van der Waals surface area contributed by atoms with Gasteiger partial charge in [0.1, 0.15) is 4.21 Å². The highest BCUT2D eigenvalue weighted by atomic mass is 79.9. The first-order valence-corrected chi connectivity index (χ1v) is 8.90. The van der Waals surface area contributed by atoms with Crippen LogP contribution in [0.4, 0.5) is 11.4 Å². The highest BCUT2D eigenvalue weighted by Gasteiger charge is 2.25. The predicted octanol–water partition coefficient (Wildman–Crippen LogP) is 4.18. The third-order valence-corrected chi connectivity index (χ3v) is 6.05. The Morgan fingerprint density at radius 1 is 1.33 bits per heavy atom. The van der Waals surface area contributed by atoms with Crippen molar-refractivity contribution in [3.05, 3.63) is 48.8 Å². The van der Waals surface area contributed by atoms with Crippen LogP contribution in [0.15, 0.2) is 32.9 Å². The van der Waals surface area contributed by atoms with Gasteiger partial charge in [-0.2, -0.15) is 0 Å². The molecule has 1 aromatic heterocycles. The van der Waals surface area contributed by atoms with E-state index in [2.05, 4.69) is 20.7 Å². The van der Waals surface area contributed by atoms with Gasteiger partial charge in [0.05, 0.1) is 10.6 Å². The Labute approximate surface area is 138 Å². The molecule has 0 radical (unpaired) electrons. The number of thiophene rings is 1. The fraction of sp³-hybridized carbons (Fsp3) is 0.0909. The van der Waals surface area contributed by atoms with E-state index in [1.807, 2.05) is 13.0 Å². The van der Waals surface area contributed by atoms with Crippen LogP contribution in [0.1, 0.15) is 5.56 Å². The van der Waals surface area contributed by atoms with E-state index in [4.69, 9.17) is 11.6 Å². The van der Waals surface area contributed by atoms with Crippen molar-refractivity contribution in [2.75, 3.05) is 4.72 Å². The monoisotopic (exact) mass is 410 g/mol. The van der Waals surface area contributed by atoms with Crippen molar-refractivity contribution in [1.29, 1.82) is 0 Å². The molecule has 1 N–H and O–H groups in total. The molecule has 1 heterocycles. The maximum Gasteiger partial charge on any atom is 0.300 e. The smallest absolute Gasteiger partial charge is 0.279 e. The fourth-order valence-electron chi connectivity index (χ4n) is 1.60. The molecule has 112 valence electrons. The molecule has 0 saturated carbocycles. The summed E-state index contributed by atoms with van der Waals surface area (Å²) in [6, 6.07) is 6.00.